The van der Waals surface area contributed by atoms with Crippen molar-refractivity contribution in [1.82, 2.24) is 0 Å². The van der Waals surface area contributed by atoms with E-state index >= 15 is 0 Å². The molecule has 0 saturated carbocycles. The van der Waals surface area contributed by atoms with Crippen LogP contribution in [0.15, 0.2) is 0 Å². The predicted molar refractivity (Wildman–Crippen MR) is 34.6 cm³/mol. The van der Waals surface area contributed by atoms with E-state index in [-0.39, 0.29) is 0 Å². The minimum Gasteiger partial charge on any atom is -0.391 e. The second-order valence-electron chi connectivity index (χ2n) is 2.76. The van der Waals surface area contributed by atoms with Crippen LogP contribution in [-0.2, 0) is 4.74 Å². The Labute approximate surface area is 63.8 Å². The van der Waals surface area contributed by atoms with E-state index in [0.29, 0.717) is 0 Å². The highest BCUT2D eigenvalue weighted by Gasteiger charge is 2.51. The molecule has 1 aliphatic heterocycles. The fourth-order valence-electron chi connectivity index (χ4n) is 1.12. The normalized spacial score (nSPS) is 51.5. The Hall–Kier alpha value is -0.200. The number of rotatable bonds is 1. The first kappa shape index (κ1) is 8.89. The molecule has 0 radical (unpaired) electrons. The Morgan fingerprint density at radius 2 is 2.00 bits per heavy atom. The highest BCUT2D eigenvalue weighted by atomic mass is 16.7. The van der Waals surface area contributed by atoms with Crippen molar-refractivity contribution in [2.24, 2.45) is 0 Å². The van der Waals surface area contributed by atoms with Gasteiger partial charge in [-0.25, -0.2) is 0 Å². The lowest BCUT2D eigenvalue weighted by Gasteiger charge is -2.22. The zero-order valence-corrected chi connectivity index (χ0v) is 6.14. The molecule has 11 heavy (non-hydrogen) atoms. The molecule has 1 aliphatic rings. The zero-order valence-electron chi connectivity index (χ0n) is 6.14. The Bertz CT molecular complexity index is 150. The maximum atomic E-state index is 9.23. The van der Waals surface area contributed by atoms with Crippen LogP contribution >= 0.6 is 0 Å². The third kappa shape index (κ3) is 1.25. The summed E-state index contributed by atoms with van der Waals surface area (Å²) in [6, 6.07) is 0. The lowest BCUT2D eigenvalue weighted by atomic mass is 10.1. The summed E-state index contributed by atoms with van der Waals surface area (Å²) in [5, 5.41) is 36.0. The molecule has 0 spiro atoms. The van der Waals surface area contributed by atoms with Crippen LogP contribution in [0.25, 0.3) is 0 Å². The van der Waals surface area contributed by atoms with E-state index in [1.54, 1.807) is 0 Å². The van der Waals surface area contributed by atoms with Crippen molar-refractivity contribution >= 4 is 0 Å². The summed E-state index contributed by atoms with van der Waals surface area (Å²) in [6.07, 6.45) is -3.25. The molecule has 1 rings (SSSR count). The molecule has 0 bridgehead atoms. The first-order chi connectivity index (χ1) is 5.01. The molecule has 66 valence electrons. The average Bonchev–Trinajstić information content (AvgIpc) is 2.17. The number of aliphatic hydroxyl groups excluding tert-OH is 3. The molecule has 0 aliphatic carbocycles. The predicted octanol–water partition coefficient (Wildman–Crippen LogP) is -2.19. The van der Waals surface area contributed by atoms with Crippen LogP contribution in [0, 0.1) is 0 Å². The lowest BCUT2D eigenvalue weighted by Crippen LogP contribution is -2.46. The molecule has 0 aromatic rings. The van der Waals surface area contributed by atoms with Crippen LogP contribution in [0.5, 0.6) is 0 Å². The number of ether oxygens (including phenoxy) is 1. The second-order valence-corrected chi connectivity index (χ2v) is 2.76. The molecule has 1 unspecified atom stereocenters. The summed E-state index contributed by atoms with van der Waals surface area (Å²) < 4.78 is 4.73. The van der Waals surface area contributed by atoms with Gasteiger partial charge in [-0.15, -0.1) is 0 Å². The van der Waals surface area contributed by atoms with Crippen LogP contribution in [0.1, 0.15) is 6.92 Å². The van der Waals surface area contributed by atoms with Gasteiger partial charge in [-0.1, -0.05) is 0 Å². The van der Waals surface area contributed by atoms with E-state index in [0.717, 1.165) is 0 Å². The van der Waals surface area contributed by atoms with Crippen molar-refractivity contribution in [3.05, 3.63) is 0 Å². The molecule has 1 saturated heterocycles. The fourth-order valence-corrected chi connectivity index (χ4v) is 1.12. The number of hydrogen-bond donors (Lipinski definition) is 4. The minimum atomic E-state index is -2.00. The molecule has 1 heterocycles. The highest BCUT2D eigenvalue weighted by molar-refractivity contribution is 4.93. The fraction of sp³-hybridized carbons (Fsp3) is 1.00. The van der Waals surface area contributed by atoms with Gasteiger partial charge in [0.1, 0.15) is 12.2 Å². The monoisotopic (exact) mass is 164 g/mol. The summed E-state index contributed by atoms with van der Waals surface area (Å²) in [7, 11) is 0. The summed E-state index contributed by atoms with van der Waals surface area (Å²) in [4.78, 5) is 0. The van der Waals surface area contributed by atoms with Crippen LogP contribution in [-0.4, -0.2) is 51.1 Å². The van der Waals surface area contributed by atoms with Gasteiger partial charge in [0, 0.05) is 0 Å². The molecular weight excluding hydrogens is 152 g/mol. The summed E-state index contributed by atoms with van der Waals surface area (Å²) in [5.41, 5.74) is 0. The van der Waals surface area contributed by atoms with Crippen LogP contribution in [0.2, 0.25) is 0 Å². The Kier molecular flexibility index (Phi) is 2.17. The van der Waals surface area contributed by atoms with Gasteiger partial charge >= 0.3 is 0 Å². The van der Waals surface area contributed by atoms with Gasteiger partial charge in [0.2, 0.25) is 5.79 Å². The second kappa shape index (κ2) is 2.69. The quantitative estimate of drug-likeness (QED) is 0.353. The lowest BCUT2D eigenvalue weighted by molar-refractivity contribution is -0.243. The maximum absolute atomic E-state index is 9.23. The van der Waals surface area contributed by atoms with Crippen molar-refractivity contribution in [3.63, 3.8) is 0 Å². The van der Waals surface area contributed by atoms with Gasteiger partial charge in [0.15, 0.2) is 0 Å². The molecule has 5 heteroatoms. The zero-order chi connectivity index (χ0) is 8.65. The smallest absolute Gasteiger partial charge is 0.219 e. The molecular formula is C6H12O5. The largest absolute Gasteiger partial charge is 0.391 e. The third-order valence-electron chi connectivity index (χ3n) is 1.88. The van der Waals surface area contributed by atoms with Crippen molar-refractivity contribution in [3.8, 4) is 0 Å². The van der Waals surface area contributed by atoms with Gasteiger partial charge < -0.3 is 25.2 Å². The molecule has 0 aromatic carbocycles. The average molecular weight is 164 g/mol. The van der Waals surface area contributed by atoms with Crippen molar-refractivity contribution in [2.75, 3.05) is 6.61 Å². The van der Waals surface area contributed by atoms with E-state index < -0.39 is 30.7 Å². The molecule has 1 fully saturated rings. The third-order valence-corrected chi connectivity index (χ3v) is 1.88. The SMILES string of the molecule is C[C@@H]1OC(O)(CO)[C@H](O)[C@H]1O. The van der Waals surface area contributed by atoms with Gasteiger partial charge in [-0.05, 0) is 6.92 Å². The van der Waals surface area contributed by atoms with Crippen molar-refractivity contribution in [1.29, 1.82) is 0 Å². The molecule has 0 aromatic heterocycles. The van der Waals surface area contributed by atoms with Crippen LogP contribution in [0.3, 0.4) is 0 Å². The Morgan fingerprint density at radius 3 is 2.18 bits per heavy atom. The van der Waals surface area contributed by atoms with E-state index in [9.17, 15) is 5.11 Å². The van der Waals surface area contributed by atoms with Gasteiger partial charge in [0.25, 0.3) is 0 Å². The van der Waals surface area contributed by atoms with Crippen LogP contribution in [0.4, 0.5) is 0 Å². The van der Waals surface area contributed by atoms with E-state index in [1.807, 2.05) is 0 Å². The summed E-state index contributed by atoms with van der Waals surface area (Å²) in [5.74, 6) is -2.00. The molecule has 5 nitrogen and oxygen atoms in total. The molecule has 0 amide bonds. The summed E-state index contributed by atoms with van der Waals surface area (Å²) in [6.45, 7) is 0.775. The van der Waals surface area contributed by atoms with Crippen LogP contribution < -0.4 is 0 Å². The molecule has 4 N–H and O–H groups in total. The summed E-state index contributed by atoms with van der Waals surface area (Å²) >= 11 is 0. The van der Waals surface area contributed by atoms with Gasteiger partial charge in [-0.2, -0.15) is 0 Å². The van der Waals surface area contributed by atoms with Crippen molar-refractivity contribution in [2.45, 2.75) is 31.0 Å². The van der Waals surface area contributed by atoms with Gasteiger partial charge in [-0.3, -0.25) is 0 Å². The number of aliphatic hydroxyl groups is 4. The Morgan fingerprint density at radius 1 is 1.45 bits per heavy atom. The van der Waals surface area contributed by atoms with Gasteiger partial charge in [0.05, 0.1) is 12.7 Å². The minimum absolute atomic E-state index is 0.665. The van der Waals surface area contributed by atoms with E-state index in [4.69, 9.17) is 20.1 Å². The first-order valence-corrected chi connectivity index (χ1v) is 3.38. The van der Waals surface area contributed by atoms with Crippen molar-refractivity contribution < 1.29 is 25.2 Å². The highest BCUT2D eigenvalue weighted by Crippen LogP contribution is 2.28. The van der Waals surface area contributed by atoms with E-state index in [2.05, 4.69) is 0 Å². The standard InChI is InChI=1S/C6H12O5/c1-3-4(8)5(9)6(10,2-7)11-3/h3-5,7-10H,2H2,1H3/t3-,4-,5+,6?/m0/s1. The first-order valence-electron chi connectivity index (χ1n) is 3.38. The topological polar surface area (TPSA) is 90.2 Å². The maximum Gasteiger partial charge on any atom is 0.219 e. The van der Waals surface area contributed by atoms with E-state index in [1.165, 1.54) is 6.92 Å². The molecule has 4 atom stereocenters. The number of hydrogen-bond acceptors (Lipinski definition) is 5. The Balaban J connectivity index is 2.73.